The number of hydrogen-bond donors (Lipinski definition) is 1. The molecule has 0 atom stereocenters. The van der Waals surface area contributed by atoms with Gasteiger partial charge in [0.25, 0.3) is 5.91 Å². The molecule has 1 N–H and O–H groups in total. The normalized spacial score (nSPS) is 10.9. The first-order chi connectivity index (χ1) is 10.6. The molecule has 0 bridgehead atoms. The summed E-state index contributed by atoms with van der Waals surface area (Å²) in [7, 11) is 1.56. The third-order valence-corrected chi connectivity index (χ3v) is 4.60. The number of amides is 1. The molecule has 0 aliphatic carbocycles. The largest absolute Gasteiger partial charge is 0.494 e. The average molecular weight is 336 g/mol. The molecule has 1 aromatic carbocycles. The molecule has 0 aliphatic rings. The summed E-state index contributed by atoms with van der Waals surface area (Å²) in [6.45, 7) is 2.20. The Morgan fingerprint density at radius 3 is 2.86 bits per heavy atom. The maximum absolute atomic E-state index is 12.4. The van der Waals surface area contributed by atoms with Crippen molar-refractivity contribution in [2.75, 3.05) is 7.11 Å². The Hall–Kier alpha value is -1.98. The number of methoxy groups -OCH3 is 1. The molecule has 0 spiro atoms. The minimum absolute atomic E-state index is 0.191. The number of carbonyl (C=O) groups is 1. The summed E-state index contributed by atoms with van der Waals surface area (Å²) in [4.78, 5) is 12.9. The third-order valence-electron chi connectivity index (χ3n) is 3.24. The van der Waals surface area contributed by atoms with Gasteiger partial charge >= 0.3 is 0 Å². The van der Waals surface area contributed by atoms with Crippen LogP contribution in [0.5, 0.6) is 5.75 Å². The van der Waals surface area contributed by atoms with Crippen molar-refractivity contribution in [1.82, 2.24) is 5.32 Å². The van der Waals surface area contributed by atoms with Gasteiger partial charge in [0.15, 0.2) is 0 Å². The second-order valence-electron chi connectivity index (χ2n) is 4.80. The van der Waals surface area contributed by atoms with E-state index in [4.69, 9.17) is 20.8 Å². The molecule has 0 saturated carbocycles. The smallest absolute Gasteiger partial charge is 0.265 e. The van der Waals surface area contributed by atoms with Crippen LogP contribution in [0.25, 0.3) is 10.1 Å². The first-order valence-corrected chi connectivity index (χ1v) is 7.87. The average Bonchev–Trinajstić information content (AvgIpc) is 3.07. The van der Waals surface area contributed by atoms with Gasteiger partial charge in [-0.3, -0.25) is 4.79 Å². The number of hydrogen-bond acceptors (Lipinski definition) is 4. The molecular weight excluding hydrogens is 322 g/mol. The number of halogens is 1. The standard InChI is InChI=1S/C16H14ClNO3S/c1-9-3-5-11(21-9)8-18-16(19)15-14(20-2)12-6-4-10(17)7-13(12)22-15/h3-7H,8H2,1-2H3,(H,18,19). The first kappa shape index (κ1) is 14.9. The molecule has 114 valence electrons. The lowest BCUT2D eigenvalue weighted by atomic mass is 10.2. The van der Waals surface area contributed by atoms with E-state index in [0.717, 1.165) is 15.8 Å². The molecule has 4 nitrogen and oxygen atoms in total. The zero-order valence-corrected chi connectivity index (χ0v) is 13.7. The van der Waals surface area contributed by atoms with E-state index in [2.05, 4.69) is 5.32 Å². The fraction of sp³-hybridized carbons (Fsp3) is 0.188. The van der Waals surface area contributed by atoms with Gasteiger partial charge in [-0.05, 0) is 37.3 Å². The van der Waals surface area contributed by atoms with Crippen molar-refractivity contribution in [2.45, 2.75) is 13.5 Å². The number of ether oxygens (including phenoxy) is 1. The van der Waals surface area contributed by atoms with Gasteiger partial charge in [0.2, 0.25) is 0 Å². The lowest BCUT2D eigenvalue weighted by Crippen LogP contribution is -2.22. The number of aryl methyl sites for hydroxylation is 1. The number of furan rings is 1. The topological polar surface area (TPSA) is 51.5 Å². The molecule has 2 heterocycles. The highest BCUT2D eigenvalue weighted by atomic mass is 35.5. The van der Waals surface area contributed by atoms with Gasteiger partial charge in [-0.2, -0.15) is 0 Å². The number of thiophene rings is 1. The highest BCUT2D eigenvalue weighted by molar-refractivity contribution is 7.21. The van der Waals surface area contributed by atoms with E-state index in [1.165, 1.54) is 11.3 Å². The van der Waals surface area contributed by atoms with Crippen molar-refractivity contribution in [3.8, 4) is 5.75 Å². The van der Waals surface area contributed by atoms with E-state index in [1.54, 1.807) is 13.2 Å². The van der Waals surface area contributed by atoms with Crippen LogP contribution in [0.1, 0.15) is 21.2 Å². The Kier molecular flexibility index (Phi) is 4.09. The highest BCUT2D eigenvalue weighted by Crippen LogP contribution is 2.38. The second-order valence-corrected chi connectivity index (χ2v) is 6.29. The third kappa shape index (κ3) is 2.82. The predicted octanol–water partition coefficient (Wildman–Crippen LogP) is 4.39. The van der Waals surface area contributed by atoms with Crippen LogP contribution in [0.15, 0.2) is 34.7 Å². The fourth-order valence-corrected chi connectivity index (χ4v) is 3.59. The van der Waals surface area contributed by atoms with Crippen molar-refractivity contribution < 1.29 is 13.9 Å². The molecule has 0 saturated heterocycles. The lowest BCUT2D eigenvalue weighted by Gasteiger charge is -2.04. The lowest BCUT2D eigenvalue weighted by molar-refractivity contribution is 0.0949. The van der Waals surface area contributed by atoms with Crippen LogP contribution in [0.3, 0.4) is 0 Å². The molecular formula is C16H14ClNO3S. The van der Waals surface area contributed by atoms with Gasteiger partial charge in [-0.25, -0.2) is 0 Å². The number of fused-ring (bicyclic) bond motifs is 1. The Bertz CT molecular complexity index is 837. The zero-order chi connectivity index (χ0) is 15.7. The van der Waals surface area contributed by atoms with Crippen molar-refractivity contribution in [3.05, 3.63) is 51.8 Å². The van der Waals surface area contributed by atoms with Crippen LogP contribution in [0, 0.1) is 6.92 Å². The maximum atomic E-state index is 12.4. The van der Waals surface area contributed by atoms with E-state index in [0.29, 0.717) is 28.0 Å². The van der Waals surface area contributed by atoms with E-state index in [-0.39, 0.29) is 5.91 Å². The summed E-state index contributed by atoms with van der Waals surface area (Å²) < 4.78 is 11.8. The van der Waals surface area contributed by atoms with E-state index < -0.39 is 0 Å². The molecule has 3 rings (SSSR count). The number of carbonyl (C=O) groups excluding carboxylic acids is 1. The predicted molar refractivity (Wildman–Crippen MR) is 88.0 cm³/mol. The van der Waals surface area contributed by atoms with E-state index in [9.17, 15) is 4.79 Å². The molecule has 2 aromatic heterocycles. The summed E-state index contributed by atoms with van der Waals surface area (Å²) in [6.07, 6.45) is 0. The van der Waals surface area contributed by atoms with Crippen LogP contribution in [-0.4, -0.2) is 13.0 Å². The molecule has 1 amide bonds. The molecule has 0 unspecified atom stereocenters. The van der Waals surface area contributed by atoms with Crippen LogP contribution in [0.2, 0.25) is 5.02 Å². The van der Waals surface area contributed by atoms with Gasteiger partial charge in [0.05, 0.1) is 13.7 Å². The highest BCUT2D eigenvalue weighted by Gasteiger charge is 2.19. The summed E-state index contributed by atoms with van der Waals surface area (Å²) in [5.41, 5.74) is 0. The first-order valence-electron chi connectivity index (χ1n) is 6.68. The minimum Gasteiger partial charge on any atom is -0.494 e. The van der Waals surface area contributed by atoms with Crippen molar-refractivity contribution >= 4 is 38.9 Å². The minimum atomic E-state index is -0.191. The Morgan fingerprint density at radius 1 is 1.36 bits per heavy atom. The van der Waals surface area contributed by atoms with Crippen LogP contribution >= 0.6 is 22.9 Å². The van der Waals surface area contributed by atoms with Gasteiger partial charge < -0.3 is 14.5 Å². The molecule has 0 aliphatic heterocycles. The van der Waals surface area contributed by atoms with Crippen molar-refractivity contribution in [2.24, 2.45) is 0 Å². The molecule has 3 aromatic rings. The van der Waals surface area contributed by atoms with E-state index >= 15 is 0 Å². The van der Waals surface area contributed by atoms with E-state index in [1.807, 2.05) is 31.2 Å². The van der Waals surface area contributed by atoms with Gasteiger partial charge in [-0.1, -0.05) is 11.6 Å². The van der Waals surface area contributed by atoms with Gasteiger partial charge in [0.1, 0.15) is 22.1 Å². The summed E-state index contributed by atoms with van der Waals surface area (Å²) in [5.74, 6) is 1.92. The van der Waals surface area contributed by atoms with Crippen LogP contribution in [0.4, 0.5) is 0 Å². The van der Waals surface area contributed by atoms with Gasteiger partial charge in [0, 0.05) is 15.1 Å². The number of benzene rings is 1. The monoisotopic (exact) mass is 335 g/mol. The SMILES string of the molecule is COc1c(C(=O)NCc2ccc(C)o2)sc2cc(Cl)ccc12. The molecule has 0 fully saturated rings. The number of nitrogens with one attached hydrogen (secondary N) is 1. The van der Waals surface area contributed by atoms with Crippen LogP contribution < -0.4 is 10.1 Å². The quantitative estimate of drug-likeness (QED) is 0.769. The Labute approximate surface area is 136 Å². The van der Waals surface area contributed by atoms with Crippen molar-refractivity contribution in [1.29, 1.82) is 0 Å². The molecule has 6 heteroatoms. The summed E-state index contributed by atoms with van der Waals surface area (Å²) >= 11 is 7.36. The summed E-state index contributed by atoms with van der Waals surface area (Å²) in [6, 6.07) is 9.18. The zero-order valence-electron chi connectivity index (χ0n) is 12.1. The second kappa shape index (κ2) is 6.02. The van der Waals surface area contributed by atoms with Crippen LogP contribution in [-0.2, 0) is 6.54 Å². The van der Waals surface area contributed by atoms with Crippen molar-refractivity contribution in [3.63, 3.8) is 0 Å². The Balaban J connectivity index is 1.86. The maximum Gasteiger partial charge on any atom is 0.265 e. The molecule has 0 radical (unpaired) electrons. The number of rotatable bonds is 4. The Morgan fingerprint density at radius 2 is 2.18 bits per heavy atom. The summed E-state index contributed by atoms with van der Waals surface area (Å²) in [5, 5.41) is 4.36. The molecule has 22 heavy (non-hydrogen) atoms. The fourth-order valence-electron chi connectivity index (χ4n) is 2.23. The van der Waals surface area contributed by atoms with Gasteiger partial charge in [-0.15, -0.1) is 11.3 Å².